The molecule has 0 unspecified atom stereocenters. The minimum atomic E-state index is 0.398. The topological polar surface area (TPSA) is 41.6 Å². The number of nitrogens with zero attached hydrogens (tertiary/aromatic N) is 2. The highest BCUT2D eigenvalue weighted by Gasteiger charge is 2.01. The predicted molar refractivity (Wildman–Crippen MR) is 48.2 cm³/mol. The Balaban J connectivity index is 2.67. The van der Waals surface area contributed by atoms with Crippen molar-refractivity contribution in [2.24, 2.45) is 0 Å². The molecule has 0 amide bonds. The lowest BCUT2D eigenvalue weighted by Crippen LogP contribution is -1.78. The number of nitrogens with one attached hydrogen (secondary N) is 1. The van der Waals surface area contributed by atoms with Gasteiger partial charge in [-0.05, 0) is 18.6 Å². The molecule has 1 N–H and O–H groups in total. The van der Waals surface area contributed by atoms with Crippen molar-refractivity contribution in [2.75, 3.05) is 0 Å². The monoisotopic (exact) mass is 181 g/mol. The Morgan fingerprint density at radius 2 is 2.42 bits per heavy atom. The number of aromatic amines is 1. The summed E-state index contributed by atoms with van der Waals surface area (Å²) in [7, 11) is 0. The highest BCUT2D eigenvalue weighted by atomic mass is 35.5. The standard InChI is InChI=1S/C8H8ClN3/c1-5-2-6-8(10-4-5)12-7(3-9)11-6/h2,4H,3H2,1H3,(H,10,11,12). The summed E-state index contributed by atoms with van der Waals surface area (Å²) in [5, 5.41) is 0. The largest absolute Gasteiger partial charge is 0.326 e. The van der Waals surface area contributed by atoms with Gasteiger partial charge in [0.2, 0.25) is 0 Å². The SMILES string of the molecule is Cc1cnc2[nH]c(CCl)nc2c1. The van der Waals surface area contributed by atoms with Gasteiger partial charge < -0.3 is 4.98 Å². The molecule has 2 rings (SSSR count). The van der Waals surface area contributed by atoms with E-state index in [1.807, 2.05) is 13.0 Å². The van der Waals surface area contributed by atoms with Gasteiger partial charge in [-0.3, -0.25) is 0 Å². The van der Waals surface area contributed by atoms with Crippen LogP contribution in [0.4, 0.5) is 0 Å². The van der Waals surface area contributed by atoms with Crippen molar-refractivity contribution >= 4 is 22.8 Å². The molecule has 0 saturated heterocycles. The molecule has 0 bridgehead atoms. The van der Waals surface area contributed by atoms with Crippen LogP contribution in [0.5, 0.6) is 0 Å². The lowest BCUT2D eigenvalue weighted by Gasteiger charge is -1.88. The van der Waals surface area contributed by atoms with Crippen LogP contribution in [0.2, 0.25) is 0 Å². The first-order valence-electron chi connectivity index (χ1n) is 3.67. The van der Waals surface area contributed by atoms with Gasteiger partial charge in [-0.1, -0.05) is 0 Å². The first-order valence-corrected chi connectivity index (χ1v) is 4.20. The van der Waals surface area contributed by atoms with Crippen molar-refractivity contribution in [1.29, 1.82) is 0 Å². The Labute approximate surface area is 74.8 Å². The van der Waals surface area contributed by atoms with Crippen LogP contribution < -0.4 is 0 Å². The number of aromatic nitrogens is 3. The van der Waals surface area contributed by atoms with Gasteiger partial charge in [0.05, 0.1) is 5.88 Å². The zero-order valence-corrected chi connectivity index (χ0v) is 7.39. The van der Waals surface area contributed by atoms with Gasteiger partial charge in [-0.15, -0.1) is 11.6 Å². The molecule has 0 radical (unpaired) electrons. The molecule has 2 aromatic heterocycles. The molecule has 0 aliphatic rings. The summed E-state index contributed by atoms with van der Waals surface area (Å²) >= 11 is 5.62. The van der Waals surface area contributed by atoms with E-state index in [-0.39, 0.29) is 0 Å². The Kier molecular flexibility index (Phi) is 1.73. The van der Waals surface area contributed by atoms with Gasteiger partial charge in [-0.25, -0.2) is 9.97 Å². The van der Waals surface area contributed by atoms with Crippen LogP contribution in [-0.4, -0.2) is 15.0 Å². The number of pyridine rings is 1. The van der Waals surface area contributed by atoms with Crippen LogP contribution in [0.15, 0.2) is 12.3 Å². The van der Waals surface area contributed by atoms with E-state index in [0.29, 0.717) is 5.88 Å². The van der Waals surface area contributed by atoms with Gasteiger partial charge in [0, 0.05) is 6.20 Å². The Morgan fingerprint density at radius 1 is 1.58 bits per heavy atom. The van der Waals surface area contributed by atoms with Crippen molar-refractivity contribution in [3.63, 3.8) is 0 Å². The zero-order chi connectivity index (χ0) is 8.55. The van der Waals surface area contributed by atoms with Crippen molar-refractivity contribution in [1.82, 2.24) is 15.0 Å². The third kappa shape index (κ3) is 1.16. The summed E-state index contributed by atoms with van der Waals surface area (Å²) < 4.78 is 0. The number of rotatable bonds is 1. The van der Waals surface area contributed by atoms with Crippen LogP contribution in [-0.2, 0) is 5.88 Å². The maximum absolute atomic E-state index is 5.62. The van der Waals surface area contributed by atoms with Crippen molar-refractivity contribution < 1.29 is 0 Å². The first kappa shape index (κ1) is 7.55. The molecule has 0 saturated carbocycles. The minimum Gasteiger partial charge on any atom is -0.326 e. The number of hydrogen-bond acceptors (Lipinski definition) is 2. The van der Waals surface area contributed by atoms with Crippen LogP contribution in [0.25, 0.3) is 11.2 Å². The molecule has 62 valence electrons. The summed E-state index contributed by atoms with van der Waals surface area (Å²) in [5.74, 6) is 1.17. The quantitative estimate of drug-likeness (QED) is 0.684. The van der Waals surface area contributed by atoms with E-state index in [0.717, 1.165) is 22.6 Å². The van der Waals surface area contributed by atoms with Crippen molar-refractivity contribution in [3.05, 3.63) is 23.7 Å². The maximum atomic E-state index is 5.62. The Bertz CT molecular complexity index is 408. The smallest absolute Gasteiger partial charge is 0.157 e. The lowest BCUT2D eigenvalue weighted by atomic mass is 10.3. The van der Waals surface area contributed by atoms with E-state index >= 15 is 0 Å². The number of alkyl halides is 1. The number of halogens is 1. The third-order valence-corrected chi connectivity index (χ3v) is 1.90. The fourth-order valence-corrected chi connectivity index (χ4v) is 1.24. The average Bonchev–Trinajstić information content (AvgIpc) is 2.46. The second kappa shape index (κ2) is 2.75. The number of H-pyrrole nitrogens is 1. The average molecular weight is 182 g/mol. The van der Waals surface area contributed by atoms with Crippen molar-refractivity contribution in [2.45, 2.75) is 12.8 Å². The first-order chi connectivity index (χ1) is 5.79. The highest BCUT2D eigenvalue weighted by molar-refractivity contribution is 6.16. The maximum Gasteiger partial charge on any atom is 0.157 e. The molecular formula is C8H8ClN3. The lowest BCUT2D eigenvalue weighted by molar-refractivity contribution is 1.13. The van der Waals surface area contributed by atoms with E-state index in [2.05, 4.69) is 15.0 Å². The molecular weight excluding hydrogens is 174 g/mol. The summed E-state index contributed by atoms with van der Waals surface area (Å²) in [6, 6.07) is 1.98. The van der Waals surface area contributed by atoms with Crippen molar-refractivity contribution in [3.8, 4) is 0 Å². The normalized spacial score (nSPS) is 10.8. The van der Waals surface area contributed by atoms with Gasteiger partial charge in [0.1, 0.15) is 11.3 Å². The number of hydrogen-bond donors (Lipinski definition) is 1. The molecule has 2 aromatic rings. The highest BCUT2D eigenvalue weighted by Crippen LogP contribution is 2.10. The van der Waals surface area contributed by atoms with E-state index in [4.69, 9.17) is 11.6 Å². The summed E-state index contributed by atoms with van der Waals surface area (Å²) in [6.07, 6.45) is 1.80. The van der Waals surface area contributed by atoms with E-state index < -0.39 is 0 Å². The Morgan fingerprint density at radius 3 is 3.17 bits per heavy atom. The zero-order valence-electron chi connectivity index (χ0n) is 6.63. The van der Waals surface area contributed by atoms with E-state index in [1.165, 1.54) is 0 Å². The summed E-state index contributed by atoms with van der Waals surface area (Å²) in [6.45, 7) is 1.99. The minimum absolute atomic E-state index is 0.398. The van der Waals surface area contributed by atoms with E-state index in [1.54, 1.807) is 6.20 Å². The van der Waals surface area contributed by atoms with Gasteiger partial charge in [0.15, 0.2) is 5.65 Å². The molecule has 12 heavy (non-hydrogen) atoms. The fourth-order valence-electron chi connectivity index (χ4n) is 1.11. The molecule has 3 nitrogen and oxygen atoms in total. The molecule has 0 spiro atoms. The molecule has 0 aliphatic heterocycles. The molecule has 4 heteroatoms. The van der Waals surface area contributed by atoms with E-state index in [9.17, 15) is 0 Å². The molecule has 0 aromatic carbocycles. The van der Waals surface area contributed by atoms with Gasteiger partial charge in [-0.2, -0.15) is 0 Å². The van der Waals surface area contributed by atoms with Crippen LogP contribution in [0.1, 0.15) is 11.4 Å². The van der Waals surface area contributed by atoms with Crippen LogP contribution >= 0.6 is 11.6 Å². The molecule has 0 fully saturated rings. The number of fused-ring (bicyclic) bond motifs is 1. The van der Waals surface area contributed by atoms with Crippen LogP contribution in [0, 0.1) is 6.92 Å². The third-order valence-electron chi connectivity index (χ3n) is 1.65. The summed E-state index contributed by atoms with van der Waals surface area (Å²) in [5.41, 5.74) is 2.79. The van der Waals surface area contributed by atoms with Gasteiger partial charge in [0.25, 0.3) is 0 Å². The number of aryl methyl sites for hydroxylation is 1. The summed E-state index contributed by atoms with van der Waals surface area (Å²) in [4.78, 5) is 11.4. The van der Waals surface area contributed by atoms with Crippen LogP contribution in [0.3, 0.4) is 0 Å². The molecule has 0 atom stereocenters. The predicted octanol–water partition coefficient (Wildman–Crippen LogP) is 2.01. The molecule has 2 heterocycles. The second-order valence-electron chi connectivity index (χ2n) is 2.70. The number of imidazole rings is 1. The Hall–Kier alpha value is -1.09. The molecule has 0 aliphatic carbocycles. The van der Waals surface area contributed by atoms with Gasteiger partial charge >= 0.3 is 0 Å². The second-order valence-corrected chi connectivity index (χ2v) is 2.96. The fraction of sp³-hybridized carbons (Fsp3) is 0.250.